The number of carbonyl (C=O) groups is 1. The highest BCUT2D eigenvalue weighted by atomic mass is 19.1. The van der Waals surface area contributed by atoms with Crippen LogP contribution in [-0.2, 0) is 24.2 Å². The average Bonchev–Trinajstić information content (AvgIpc) is 3.26. The molecule has 3 aromatic carbocycles. The lowest BCUT2D eigenvalue weighted by molar-refractivity contribution is -0.139. The zero-order valence-electron chi connectivity index (χ0n) is 18.4. The van der Waals surface area contributed by atoms with Gasteiger partial charge in [-0.05, 0) is 54.3 Å². The molecule has 0 radical (unpaired) electrons. The molecule has 33 heavy (non-hydrogen) atoms. The van der Waals surface area contributed by atoms with E-state index in [0.29, 0.717) is 23.6 Å². The molecular formula is C27H25FN2O3. The van der Waals surface area contributed by atoms with Gasteiger partial charge in [0, 0.05) is 17.7 Å². The van der Waals surface area contributed by atoms with Crippen LogP contribution in [0.2, 0.25) is 0 Å². The maximum absolute atomic E-state index is 14.0. The summed E-state index contributed by atoms with van der Waals surface area (Å²) in [4.78, 5) is 11.1. The fraction of sp³-hybridized carbons (Fsp3) is 0.185. The van der Waals surface area contributed by atoms with Crippen molar-refractivity contribution in [1.29, 1.82) is 0 Å². The lowest BCUT2D eigenvalue weighted by Crippen LogP contribution is -2.10. The van der Waals surface area contributed by atoms with Gasteiger partial charge in [0.15, 0.2) is 6.61 Å². The van der Waals surface area contributed by atoms with Gasteiger partial charge in [-0.3, -0.25) is 4.68 Å². The van der Waals surface area contributed by atoms with Crippen LogP contribution < -0.4 is 4.74 Å². The van der Waals surface area contributed by atoms with Crippen LogP contribution >= 0.6 is 0 Å². The van der Waals surface area contributed by atoms with E-state index in [1.807, 2.05) is 54.1 Å². The minimum absolute atomic E-state index is 0.316. The van der Waals surface area contributed by atoms with Crippen LogP contribution in [0, 0.1) is 5.82 Å². The fourth-order valence-corrected chi connectivity index (χ4v) is 3.74. The second kappa shape index (κ2) is 10.1. The number of benzene rings is 3. The summed E-state index contributed by atoms with van der Waals surface area (Å²) in [6.07, 6.45) is 1.58. The standard InChI is InChI=1S/C27H25FN2O3/c1-2-19-11-12-26(33-18-27(31)32)23(15-19)24-17-25(21-9-6-10-22(28)16-21)30(29-24)14-13-20-7-4-3-5-8-20/h3-12,15-17H,2,13-14,18H2,1H3,(H,31,32). The molecule has 168 valence electrons. The van der Waals surface area contributed by atoms with E-state index >= 15 is 0 Å². The molecule has 0 saturated carbocycles. The van der Waals surface area contributed by atoms with E-state index in [4.69, 9.17) is 14.9 Å². The molecule has 0 aliphatic heterocycles. The van der Waals surface area contributed by atoms with Gasteiger partial charge >= 0.3 is 5.97 Å². The van der Waals surface area contributed by atoms with Gasteiger partial charge in [-0.15, -0.1) is 0 Å². The Hall–Kier alpha value is -3.93. The number of hydrogen-bond donors (Lipinski definition) is 1. The van der Waals surface area contributed by atoms with Gasteiger partial charge in [0.2, 0.25) is 0 Å². The number of hydrogen-bond acceptors (Lipinski definition) is 3. The SMILES string of the molecule is CCc1ccc(OCC(=O)O)c(-c2cc(-c3cccc(F)c3)n(CCc3ccccc3)n2)c1. The van der Waals surface area contributed by atoms with E-state index in [1.165, 1.54) is 17.7 Å². The van der Waals surface area contributed by atoms with E-state index in [9.17, 15) is 9.18 Å². The topological polar surface area (TPSA) is 64.3 Å². The summed E-state index contributed by atoms with van der Waals surface area (Å²) in [5.74, 6) is -0.911. The summed E-state index contributed by atoms with van der Waals surface area (Å²) in [5, 5.41) is 13.9. The quantitative estimate of drug-likeness (QED) is 0.364. The van der Waals surface area contributed by atoms with E-state index in [-0.39, 0.29) is 5.82 Å². The highest BCUT2D eigenvalue weighted by molar-refractivity contribution is 5.74. The van der Waals surface area contributed by atoms with Crippen LogP contribution in [0.1, 0.15) is 18.1 Å². The molecule has 0 bridgehead atoms. The average molecular weight is 445 g/mol. The molecule has 1 heterocycles. The molecule has 0 amide bonds. The van der Waals surface area contributed by atoms with Crippen molar-refractivity contribution in [3.05, 3.63) is 95.8 Å². The lowest BCUT2D eigenvalue weighted by Gasteiger charge is -2.10. The monoisotopic (exact) mass is 444 g/mol. The molecule has 1 aromatic heterocycles. The molecule has 5 nitrogen and oxygen atoms in total. The van der Waals surface area contributed by atoms with Crippen molar-refractivity contribution >= 4 is 5.97 Å². The minimum atomic E-state index is -1.05. The summed E-state index contributed by atoms with van der Waals surface area (Å²) in [7, 11) is 0. The van der Waals surface area contributed by atoms with Gasteiger partial charge in [0.05, 0.1) is 11.4 Å². The first-order chi connectivity index (χ1) is 16.0. The van der Waals surface area contributed by atoms with Gasteiger partial charge in [-0.25, -0.2) is 9.18 Å². The number of nitrogens with zero attached hydrogens (tertiary/aromatic N) is 2. The van der Waals surface area contributed by atoms with E-state index in [2.05, 4.69) is 12.1 Å². The zero-order valence-corrected chi connectivity index (χ0v) is 18.4. The second-order valence-corrected chi connectivity index (χ2v) is 7.75. The Morgan fingerprint density at radius 1 is 1.00 bits per heavy atom. The summed E-state index contributed by atoms with van der Waals surface area (Å²) < 4.78 is 21.4. The summed E-state index contributed by atoms with van der Waals surface area (Å²) in [6.45, 7) is 2.21. The third-order valence-electron chi connectivity index (χ3n) is 5.43. The van der Waals surface area contributed by atoms with Gasteiger partial charge < -0.3 is 9.84 Å². The van der Waals surface area contributed by atoms with Crippen molar-refractivity contribution in [2.45, 2.75) is 26.3 Å². The Kier molecular flexibility index (Phi) is 6.83. The van der Waals surface area contributed by atoms with Gasteiger partial charge in [-0.1, -0.05) is 55.5 Å². The molecule has 1 N–H and O–H groups in total. The highest BCUT2D eigenvalue weighted by Crippen LogP contribution is 2.34. The van der Waals surface area contributed by atoms with Crippen LogP contribution in [0.4, 0.5) is 4.39 Å². The number of rotatable bonds is 9. The second-order valence-electron chi connectivity index (χ2n) is 7.75. The van der Waals surface area contributed by atoms with Crippen molar-refractivity contribution in [2.24, 2.45) is 0 Å². The van der Waals surface area contributed by atoms with Gasteiger partial charge in [0.25, 0.3) is 0 Å². The van der Waals surface area contributed by atoms with Gasteiger partial charge in [0.1, 0.15) is 11.6 Å². The molecule has 0 aliphatic carbocycles. The molecule has 0 spiro atoms. The first-order valence-corrected chi connectivity index (χ1v) is 10.9. The molecule has 0 saturated heterocycles. The molecule has 0 fully saturated rings. The molecule has 0 aliphatic rings. The van der Waals surface area contributed by atoms with Crippen LogP contribution in [0.15, 0.2) is 78.9 Å². The van der Waals surface area contributed by atoms with E-state index in [0.717, 1.165) is 29.7 Å². The molecular weight excluding hydrogens is 419 g/mol. The molecule has 0 atom stereocenters. The van der Waals surface area contributed by atoms with Crippen LogP contribution in [0.3, 0.4) is 0 Å². The predicted molar refractivity (Wildman–Crippen MR) is 126 cm³/mol. The normalized spacial score (nSPS) is 10.8. The number of aryl methyl sites for hydroxylation is 3. The Morgan fingerprint density at radius 3 is 2.55 bits per heavy atom. The van der Waals surface area contributed by atoms with Crippen molar-refractivity contribution in [3.63, 3.8) is 0 Å². The third kappa shape index (κ3) is 5.47. The number of carboxylic acids is 1. The molecule has 4 rings (SSSR count). The summed E-state index contributed by atoms with van der Waals surface area (Å²) in [5.41, 5.74) is 5.13. The van der Waals surface area contributed by atoms with E-state index < -0.39 is 12.6 Å². The molecule has 0 unspecified atom stereocenters. The summed E-state index contributed by atoms with van der Waals surface area (Å²) in [6, 6.07) is 24.1. The number of aromatic nitrogens is 2. The zero-order chi connectivity index (χ0) is 23.2. The van der Waals surface area contributed by atoms with E-state index in [1.54, 1.807) is 12.1 Å². The largest absolute Gasteiger partial charge is 0.481 e. The number of ether oxygens (including phenoxy) is 1. The Labute approximate surface area is 192 Å². The van der Waals surface area contributed by atoms with Crippen molar-refractivity contribution < 1.29 is 19.0 Å². The fourth-order valence-electron chi connectivity index (χ4n) is 3.74. The number of halogens is 1. The van der Waals surface area contributed by atoms with Crippen molar-refractivity contribution in [2.75, 3.05) is 6.61 Å². The van der Waals surface area contributed by atoms with Crippen molar-refractivity contribution in [1.82, 2.24) is 9.78 Å². The maximum atomic E-state index is 14.0. The maximum Gasteiger partial charge on any atom is 0.341 e. The third-order valence-corrected chi connectivity index (χ3v) is 5.43. The first kappa shape index (κ1) is 22.3. The Bertz CT molecular complexity index is 1250. The minimum Gasteiger partial charge on any atom is -0.481 e. The Morgan fingerprint density at radius 2 is 1.82 bits per heavy atom. The van der Waals surface area contributed by atoms with Crippen LogP contribution in [0.5, 0.6) is 5.75 Å². The smallest absolute Gasteiger partial charge is 0.341 e. The molecule has 6 heteroatoms. The molecule has 4 aromatic rings. The highest BCUT2D eigenvalue weighted by Gasteiger charge is 2.17. The van der Waals surface area contributed by atoms with Crippen LogP contribution in [-0.4, -0.2) is 27.5 Å². The number of aliphatic carboxylic acids is 1. The summed E-state index contributed by atoms with van der Waals surface area (Å²) >= 11 is 0. The number of carboxylic acid groups (broad SMARTS) is 1. The van der Waals surface area contributed by atoms with Crippen molar-refractivity contribution in [3.8, 4) is 28.3 Å². The lowest BCUT2D eigenvalue weighted by atomic mass is 10.0. The van der Waals surface area contributed by atoms with Gasteiger partial charge in [-0.2, -0.15) is 5.10 Å². The first-order valence-electron chi connectivity index (χ1n) is 10.9. The Balaban J connectivity index is 1.77. The predicted octanol–water partition coefficient (Wildman–Crippen LogP) is 5.62. The van der Waals surface area contributed by atoms with Crippen LogP contribution in [0.25, 0.3) is 22.5 Å².